The van der Waals surface area contributed by atoms with Crippen LogP contribution >= 0.6 is 12.8 Å². The largest absolute Gasteiger partial charge is 0.476 e. The molecule has 16 heavy (non-hydrogen) atoms. The van der Waals surface area contributed by atoms with Gasteiger partial charge in [0.2, 0.25) is 5.90 Å². The molecule has 92 valence electrons. The van der Waals surface area contributed by atoms with E-state index in [1.54, 1.807) is 13.8 Å². The van der Waals surface area contributed by atoms with Crippen LogP contribution in [0.15, 0.2) is 4.99 Å². The van der Waals surface area contributed by atoms with Gasteiger partial charge in [-0.1, -0.05) is 19.7 Å². The highest BCUT2D eigenvalue weighted by Gasteiger charge is 2.18. The SMILES string of the molecule is CCOC(=N)C(=NC(CC)C(=O)OC)NS. The summed E-state index contributed by atoms with van der Waals surface area (Å²) >= 11 is 3.81. The lowest BCUT2D eigenvalue weighted by molar-refractivity contribution is -0.142. The fourth-order valence-electron chi connectivity index (χ4n) is 0.953. The molecule has 0 aromatic carbocycles. The second-order valence-corrected chi connectivity index (χ2v) is 3.02. The van der Waals surface area contributed by atoms with Gasteiger partial charge < -0.3 is 14.2 Å². The van der Waals surface area contributed by atoms with Crippen LogP contribution in [-0.2, 0) is 14.3 Å². The van der Waals surface area contributed by atoms with Crippen molar-refractivity contribution >= 4 is 30.5 Å². The summed E-state index contributed by atoms with van der Waals surface area (Å²) in [6, 6.07) is -0.652. The van der Waals surface area contributed by atoms with Gasteiger partial charge >= 0.3 is 5.97 Å². The predicted molar refractivity (Wildman–Crippen MR) is 65.0 cm³/mol. The first-order valence-corrected chi connectivity index (χ1v) is 5.32. The number of hydrogen-bond acceptors (Lipinski definition) is 6. The van der Waals surface area contributed by atoms with Gasteiger partial charge in [-0.15, -0.1) is 0 Å². The molecule has 0 spiro atoms. The molecule has 6 nitrogen and oxygen atoms in total. The van der Waals surface area contributed by atoms with E-state index in [2.05, 4.69) is 27.3 Å². The molecular formula is C9H17N3O3S. The molecule has 0 saturated heterocycles. The van der Waals surface area contributed by atoms with Crippen LogP contribution in [0.4, 0.5) is 0 Å². The van der Waals surface area contributed by atoms with Crippen LogP contribution in [0, 0.1) is 5.41 Å². The third kappa shape index (κ3) is 4.52. The smallest absolute Gasteiger partial charge is 0.330 e. The Morgan fingerprint density at radius 3 is 2.56 bits per heavy atom. The Balaban J connectivity index is 4.76. The van der Waals surface area contributed by atoms with Crippen molar-refractivity contribution in [2.45, 2.75) is 26.3 Å². The number of carbonyl (C=O) groups is 1. The molecule has 2 N–H and O–H groups in total. The van der Waals surface area contributed by atoms with Crippen molar-refractivity contribution in [2.75, 3.05) is 13.7 Å². The first-order valence-electron chi connectivity index (χ1n) is 4.88. The van der Waals surface area contributed by atoms with Crippen molar-refractivity contribution in [3.05, 3.63) is 0 Å². The van der Waals surface area contributed by atoms with E-state index in [9.17, 15) is 4.79 Å². The molecule has 0 fully saturated rings. The Hall–Kier alpha value is -1.24. The Bertz CT molecular complexity index is 281. The van der Waals surface area contributed by atoms with Gasteiger partial charge in [0.1, 0.15) is 6.04 Å². The molecule has 0 aliphatic heterocycles. The number of thiol groups is 1. The van der Waals surface area contributed by atoms with Crippen LogP contribution in [0.2, 0.25) is 0 Å². The number of ether oxygens (including phenoxy) is 2. The second-order valence-electron chi connectivity index (χ2n) is 2.80. The molecule has 0 radical (unpaired) electrons. The third-order valence-electron chi connectivity index (χ3n) is 1.75. The molecule has 0 aliphatic carbocycles. The Labute approximate surface area is 100 Å². The minimum Gasteiger partial charge on any atom is -0.476 e. The van der Waals surface area contributed by atoms with Crippen LogP contribution in [0.3, 0.4) is 0 Å². The Morgan fingerprint density at radius 1 is 1.56 bits per heavy atom. The minimum atomic E-state index is -0.652. The zero-order valence-electron chi connectivity index (χ0n) is 9.61. The highest BCUT2D eigenvalue weighted by atomic mass is 32.1. The summed E-state index contributed by atoms with van der Waals surface area (Å²) in [6.45, 7) is 3.90. The van der Waals surface area contributed by atoms with Crippen LogP contribution in [-0.4, -0.2) is 37.5 Å². The average molecular weight is 247 g/mol. The molecule has 0 amide bonds. The molecule has 1 atom stereocenters. The first kappa shape index (κ1) is 14.8. The van der Waals surface area contributed by atoms with Gasteiger partial charge in [-0.05, 0) is 13.3 Å². The van der Waals surface area contributed by atoms with Crippen molar-refractivity contribution < 1.29 is 14.3 Å². The maximum atomic E-state index is 11.3. The quantitative estimate of drug-likeness (QED) is 0.297. The van der Waals surface area contributed by atoms with Crippen molar-refractivity contribution in [3.8, 4) is 0 Å². The molecule has 0 bridgehead atoms. The van der Waals surface area contributed by atoms with Crippen LogP contribution in [0.1, 0.15) is 20.3 Å². The molecule has 7 heteroatoms. The monoisotopic (exact) mass is 247 g/mol. The van der Waals surface area contributed by atoms with Gasteiger partial charge in [0.15, 0.2) is 5.84 Å². The van der Waals surface area contributed by atoms with E-state index in [0.29, 0.717) is 13.0 Å². The molecule has 0 heterocycles. The van der Waals surface area contributed by atoms with Gasteiger partial charge in [0, 0.05) is 0 Å². The highest BCUT2D eigenvalue weighted by molar-refractivity contribution is 7.78. The second kappa shape index (κ2) is 7.98. The average Bonchev–Trinajstić information content (AvgIpc) is 2.30. The minimum absolute atomic E-state index is 0.113. The first-order chi connectivity index (χ1) is 7.60. The van der Waals surface area contributed by atoms with Gasteiger partial charge in [0.05, 0.1) is 13.7 Å². The number of carbonyl (C=O) groups excluding carboxylic acids is 1. The molecule has 0 rings (SSSR count). The summed E-state index contributed by atoms with van der Waals surface area (Å²) in [7, 11) is 1.29. The van der Waals surface area contributed by atoms with E-state index in [0.717, 1.165) is 0 Å². The van der Waals surface area contributed by atoms with E-state index < -0.39 is 12.0 Å². The normalized spacial score (nSPS) is 12.9. The summed E-state index contributed by atoms with van der Waals surface area (Å²) in [5.41, 5.74) is 0. The zero-order chi connectivity index (χ0) is 12.6. The van der Waals surface area contributed by atoms with Crippen molar-refractivity contribution in [1.29, 1.82) is 5.41 Å². The van der Waals surface area contributed by atoms with E-state index in [4.69, 9.17) is 10.1 Å². The van der Waals surface area contributed by atoms with Gasteiger partial charge in [-0.3, -0.25) is 5.41 Å². The van der Waals surface area contributed by atoms with E-state index in [1.807, 2.05) is 0 Å². The lowest BCUT2D eigenvalue weighted by Gasteiger charge is -2.11. The Morgan fingerprint density at radius 2 is 2.19 bits per heavy atom. The number of hydrogen-bond donors (Lipinski definition) is 3. The van der Waals surface area contributed by atoms with Gasteiger partial charge in [-0.2, -0.15) is 0 Å². The van der Waals surface area contributed by atoms with Gasteiger partial charge in [0.25, 0.3) is 0 Å². The van der Waals surface area contributed by atoms with E-state index >= 15 is 0 Å². The number of nitrogens with one attached hydrogen (secondary N) is 2. The van der Waals surface area contributed by atoms with E-state index in [1.165, 1.54) is 7.11 Å². The summed E-state index contributed by atoms with van der Waals surface area (Å²) in [5.74, 6) is -0.491. The summed E-state index contributed by atoms with van der Waals surface area (Å²) in [5, 5.41) is 7.50. The standard InChI is InChI=1S/C9H17N3O3S/c1-4-6(9(13)14-3)11-8(12-16)7(10)15-5-2/h6,10,16H,4-5H2,1-3H3,(H,11,12). The molecule has 0 aromatic heterocycles. The fourth-order valence-corrected chi connectivity index (χ4v) is 1.11. The lowest BCUT2D eigenvalue weighted by Crippen LogP contribution is -2.30. The van der Waals surface area contributed by atoms with E-state index in [-0.39, 0.29) is 11.7 Å². The maximum Gasteiger partial charge on any atom is 0.330 e. The Kier molecular flexibility index (Phi) is 7.36. The number of nitrogens with zero attached hydrogens (tertiary/aromatic N) is 1. The molecule has 0 aromatic rings. The third-order valence-corrected chi connectivity index (χ3v) is 1.97. The molecular weight excluding hydrogens is 230 g/mol. The number of aliphatic imine (C=N–C) groups is 1. The van der Waals surface area contributed by atoms with Crippen molar-refractivity contribution in [3.63, 3.8) is 0 Å². The molecule has 0 aliphatic rings. The highest BCUT2D eigenvalue weighted by Crippen LogP contribution is 2.01. The van der Waals surface area contributed by atoms with Gasteiger partial charge in [-0.25, -0.2) is 9.79 Å². The number of esters is 1. The van der Waals surface area contributed by atoms with Crippen molar-refractivity contribution in [1.82, 2.24) is 4.72 Å². The molecule has 1 unspecified atom stereocenters. The zero-order valence-corrected chi connectivity index (χ0v) is 10.5. The predicted octanol–water partition coefficient (Wildman–Crippen LogP) is 0.785. The number of methoxy groups -OCH3 is 1. The van der Waals surface area contributed by atoms with Crippen LogP contribution in [0.5, 0.6) is 0 Å². The topological polar surface area (TPSA) is 83.8 Å². The van der Waals surface area contributed by atoms with Crippen LogP contribution < -0.4 is 4.72 Å². The summed E-state index contributed by atoms with van der Waals surface area (Å²) in [4.78, 5) is 15.3. The number of rotatable bonds is 4. The molecule has 0 saturated carbocycles. The lowest BCUT2D eigenvalue weighted by atomic mass is 10.2. The number of amidine groups is 1. The van der Waals surface area contributed by atoms with Crippen LogP contribution in [0.25, 0.3) is 0 Å². The van der Waals surface area contributed by atoms with Crippen molar-refractivity contribution in [2.24, 2.45) is 4.99 Å². The fraction of sp³-hybridized carbons (Fsp3) is 0.667. The summed E-state index contributed by atoms with van der Waals surface area (Å²) < 4.78 is 11.9. The summed E-state index contributed by atoms with van der Waals surface area (Å²) in [6.07, 6.45) is 0.477. The maximum absolute atomic E-state index is 11.3.